The number of nitrogens with one attached hydrogen (secondary N) is 2. The third-order valence-corrected chi connectivity index (χ3v) is 6.02. The van der Waals surface area contributed by atoms with Crippen LogP contribution in [0, 0.1) is 0 Å². The van der Waals surface area contributed by atoms with Gasteiger partial charge in [0, 0.05) is 41.8 Å². The van der Waals surface area contributed by atoms with E-state index in [-0.39, 0.29) is 5.91 Å². The zero-order valence-electron chi connectivity index (χ0n) is 14.5. The third kappa shape index (κ3) is 3.10. The number of aromatic nitrogens is 5. The Morgan fingerprint density at radius 2 is 2.14 bits per heavy atom. The summed E-state index contributed by atoms with van der Waals surface area (Å²) in [5, 5.41) is 20.1. The second-order valence-corrected chi connectivity index (χ2v) is 7.86. The fourth-order valence-electron chi connectivity index (χ4n) is 2.90. The lowest BCUT2D eigenvalue weighted by molar-refractivity contribution is 0.0955. The highest BCUT2D eigenvalue weighted by atomic mass is 32.1. The minimum absolute atomic E-state index is 0.0749. The van der Waals surface area contributed by atoms with E-state index >= 15 is 0 Å². The Balaban J connectivity index is 1.39. The average Bonchev–Trinajstić information content (AvgIpc) is 3.51. The number of rotatable bonds is 5. The lowest BCUT2D eigenvalue weighted by Crippen LogP contribution is -2.21. The Morgan fingerprint density at radius 1 is 1.18 bits per heavy atom. The molecule has 28 heavy (non-hydrogen) atoms. The van der Waals surface area contributed by atoms with Crippen molar-refractivity contribution < 1.29 is 4.79 Å². The van der Waals surface area contributed by atoms with Crippen molar-refractivity contribution in [2.45, 2.75) is 6.54 Å². The lowest BCUT2D eigenvalue weighted by Gasteiger charge is -2.01. The van der Waals surface area contributed by atoms with Crippen LogP contribution in [0.1, 0.15) is 15.2 Å². The van der Waals surface area contributed by atoms with Crippen molar-refractivity contribution in [2.24, 2.45) is 0 Å². The summed E-state index contributed by atoms with van der Waals surface area (Å²) in [5.74, 6) is -0.0749. The summed E-state index contributed by atoms with van der Waals surface area (Å²) in [4.78, 5) is 17.6. The van der Waals surface area contributed by atoms with Crippen LogP contribution in [0.5, 0.6) is 0 Å². The first kappa shape index (κ1) is 16.8. The molecule has 0 aliphatic heterocycles. The number of thiophene rings is 2. The molecule has 0 fully saturated rings. The Hall–Kier alpha value is -3.30. The van der Waals surface area contributed by atoms with E-state index < -0.39 is 0 Å². The summed E-state index contributed by atoms with van der Waals surface area (Å²) in [6.07, 6.45) is 9.04. The summed E-state index contributed by atoms with van der Waals surface area (Å²) in [6, 6.07) is 3.89. The molecule has 0 atom stereocenters. The third-order valence-electron chi connectivity index (χ3n) is 4.36. The van der Waals surface area contributed by atoms with Crippen molar-refractivity contribution in [3.05, 3.63) is 69.7 Å². The molecule has 0 saturated heterocycles. The van der Waals surface area contributed by atoms with Gasteiger partial charge in [-0.2, -0.15) is 21.5 Å². The largest absolute Gasteiger partial charge is 0.347 e. The van der Waals surface area contributed by atoms with Crippen LogP contribution < -0.4 is 5.32 Å². The van der Waals surface area contributed by atoms with Gasteiger partial charge in [0.15, 0.2) is 5.65 Å². The van der Waals surface area contributed by atoms with Gasteiger partial charge in [-0.25, -0.2) is 9.50 Å². The van der Waals surface area contributed by atoms with Gasteiger partial charge < -0.3 is 5.32 Å². The van der Waals surface area contributed by atoms with E-state index in [4.69, 9.17) is 0 Å². The Labute approximate surface area is 167 Å². The molecule has 5 aromatic rings. The molecular weight excluding hydrogens is 392 g/mol. The van der Waals surface area contributed by atoms with E-state index in [0.29, 0.717) is 11.4 Å². The molecule has 7 nitrogen and oxygen atoms in total. The number of nitrogens with zero attached hydrogens (tertiary/aromatic N) is 4. The summed E-state index contributed by atoms with van der Waals surface area (Å²) < 4.78 is 1.74. The first-order valence-corrected chi connectivity index (χ1v) is 10.3. The predicted molar refractivity (Wildman–Crippen MR) is 109 cm³/mol. The SMILES string of the molecule is O=C(NCc1ccsc1)c1cc(-c2cnn3cc(-c4cn[nH]c4)cnc23)cs1. The van der Waals surface area contributed by atoms with Crippen LogP contribution in [0.4, 0.5) is 0 Å². The Bertz CT molecular complexity index is 1240. The molecule has 0 unspecified atom stereocenters. The van der Waals surface area contributed by atoms with Crippen molar-refractivity contribution in [3.8, 4) is 22.3 Å². The number of hydrogen-bond acceptors (Lipinski definition) is 6. The highest BCUT2D eigenvalue weighted by Crippen LogP contribution is 2.29. The molecule has 0 aliphatic carbocycles. The number of amides is 1. The smallest absolute Gasteiger partial charge is 0.261 e. The molecule has 0 spiro atoms. The molecule has 5 aromatic heterocycles. The highest BCUT2D eigenvalue weighted by Gasteiger charge is 2.14. The molecule has 0 saturated carbocycles. The number of carbonyl (C=O) groups excluding carboxylic acids is 1. The topological polar surface area (TPSA) is 88.0 Å². The second-order valence-electron chi connectivity index (χ2n) is 6.17. The molecule has 138 valence electrons. The fourth-order valence-corrected chi connectivity index (χ4v) is 4.39. The van der Waals surface area contributed by atoms with Crippen LogP contribution in [0.25, 0.3) is 27.9 Å². The van der Waals surface area contributed by atoms with E-state index in [1.165, 1.54) is 11.3 Å². The van der Waals surface area contributed by atoms with Gasteiger partial charge in [-0.05, 0) is 39.4 Å². The lowest BCUT2D eigenvalue weighted by atomic mass is 10.1. The quantitative estimate of drug-likeness (QED) is 0.464. The van der Waals surface area contributed by atoms with Gasteiger partial charge in [0.25, 0.3) is 5.91 Å². The van der Waals surface area contributed by atoms with E-state index in [1.54, 1.807) is 34.4 Å². The molecule has 1 amide bonds. The fraction of sp³-hybridized carbons (Fsp3) is 0.0526. The Kier molecular flexibility index (Phi) is 4.22. The highest BCUT2D eigenvalue weighted by molar-refractivity contribution is 7.12. The van der Waals surface area contributed by atoms with E-state index in [9.17, 15) is 4.79 Å². The van der Waals surface area contributed by atoms with Gasteiger partial charge in [0.1, 0.15) is 0 Å². The minimum atomic E-state index is -0.0749. The van der Waals surface area contributed by atoms with E-state index in [2.05, 4.69) is 25.6 Å². The molecule has 9 heteroatoms. The molecule has 2 N–H and O–H groups in total. The standard InChI is InChI=1S/C19H14N6OS2/c26-19(21-4-12-1-2-27-10-12)17-3-13(11-28-17)16-8-24-25-9-15(5-20-18(16)25)14-6-22-23-7-14/h1-3,5-11H,4H2,(H,21,26)(H,22,23). The molecule has 0 bridgehead atoms. The summed E-state index contributed by atoms with van der Waals surface area (Å²) in [5.41, 5.74) is 5.56. The van der Waals surface area contributed by atoms with Crippen LogP contribution in [0.3, 0.4) is 0 Å². The van der Waals surface area contributed by atoms with Gasteiger partial charge in [-0.15, -0.1) is 11.3 Å². The first-order chi connectivity index (χ1) is 13.8. The average molecular weight is 406 g/mol. The number of fused-ring (bicyclic) bond motifs is 1. The number of carbonyl (C=O) groups is 1. The van der Waals surface area contributed by atoms with Crippen molar-refractivity contribution in [2.75, 3.05) is 0 Å². The van der Waals surface area contributed by atoms with Crippen molar-refractivity contribution in [1.29, 1.82) is 0 Å². The van der Waals surface area contributed by atoms with Gasteiger partial charge in [-0.1, -0.05) is 0 Å². The number of H-pyrrole nitrogens is 1. The summed E-state index contributed by atoms with van der Waals surface area (Å²) in [6.45, 7) is 0.532. The maximum absolute atomic E-state index is 12.4. The molecule has 0 aromatic carbocycles. The van der Waals surface area contributed by atoms with Gasteiger partial charge in [-0.3, -0.25) is 9.89 Å². The van der Waals surface area contributed by atoms with Crippen LogP contribution in [0.2, 0.25) is 0 Å². The first-order valence-electron chi connectivity index (χ1n) is 8.48. The molecule has 5 rings (SSSR count). The normalized spacial score (nSPS) is 11.1. The maximum atomic E-state index is 12.4. The molecular formula is C19H14N6OS2. The minimum Gasteiger partial charge on any atom is -0.347 e. The number of hydrogen-bond donors (Lipinski definition) is 2. The summed E-state index contributed by atoms with van der Waals surface area (Å²) in [7, 11) is 0. The molecule has 0 radical (unpaired) electrons. The Morgan fingerprint density at radius 3 is 2.96 bits per heavy atom. The predicted octanol–water partition coefficient (Wildman–Crippen LogP) is 3.84. The summed E-state index contributed by atoms with van der Waals surface area (Å²) >= 11 is 3.04. The van der Waals surface area contributed by atoms with Crippen LogP contribution in [-0.2, 0) is 6.54 Å². The molecule has 5 heterocycles. The van der Waals surface area contributed by atoms with Crippen LogP contribution >= 0.6 is 22.7 Å². The van der Waals surface area contributed by atoms with Gasteiger partial charge >= 0.3 is 0 Å². The van der Waals surface area contributed by atoms with Gasteiger partial charge in [0.05, 0.1) is 17.3 Å². The van der Waals surface area contributed by atoms with Crippen molar-refractivity contribution >= 4 is 34.2 Å². The molecule has 0 aliphatic rings. The second kappa shape index (κ2) is 7.02. The monoisotopic (exact) mass is 406 g/mol. The number of aromatic amines is 1. The van der Waals surface area contributed by atoms with Crippen molar-refractivity contribution in [3.63, 3.8) is 0 Å². The van der Waals surface area contributed by atoms with Gasteiger partial charge in [0.2, 0.25) is 0 Å². The van der Waals surface area contributed by atoms with Crippen molar-refractivity contribution in [1.82, 2.24) is 30.1 Å². The zero-order valence-corrected chi connectivity index (χ0v) is 16.1. The van der Waals surface area contributed by atoms with Crippen LogP contribution in [0.15, 0.2) is 59.3 Å². The zero-order chi connectivity index (χ0) is 18.9. The van der Waals surface area contributed by atoms with E-state index in [1.807, 2.05) is 40.7 Å². The van der Waals surface area contributed by atoms with E-state index in [0.717, 1.165) is 33.5 Å². The van der Waals surface area contributed by atoms with Crippen LogP contribution in [-0.4, -0.2) is 30.7 Å². The maximum Gasteiger partial charge on any atom is 0.261 e.